The van der Waals surface area contributed by atoms with Crippen LogP contribution >= 0.6 is 0 Å². The third-order valence-electron chi connectivity index (χ3n) is 9.74. The van der Waals surface area contributed by atoms with Gasteiger partial charge in [-0.2, -0.15) is 30.0 Å². The van der Waals surface area contributed by atoms with Crippen LogP contribution in [-0.4, -0.2) is 45.6 Å². The van der Waals surface area contributed by atoms with Gasteiger partial charge in [0.1, 0.15) is 0 Å². The van der Waals surface area contributed by atoms with Crippen molar-refractivity contribution >= 4 is 58.5 Å². The Labute approximate surface area is 307 Å². The van der Waals surface area contributed by atoms with Crippen molar-refractivity contribution in [2.24, 2.45) is 41.8 Å². The Morgan fingerprint density at radius 3 is 1.32 bits per heavy atom. The van der Waals surface area contributed by atoms with Gasteiger partial charge in [0.05, 0.1) is 0 Å². The predicted octanol–water partition coefficient (Wildman–Crippen LogP) is 8.77. The Morgan fingerprint density at radius 1 is 0.453 bits per heavy atom. The van der Waals surface area contributed by atoms with E-state index < -0.39 is 0 Å². The number of hydrogen-bond acceptors (Lipinski definition) is 10. The van der Waals surface area contributed by atoms with E-state index in [2.05, 4.69) is 41.4 Å². The summed E-state index contributed by atoms with van der Waals surface area (Å²) < 4.78 is 0. The SMILES string of the molecule is C1=CC(N(C2=CC3CC3C=C2)C2=NC3=NC(N(c4ccccc4)c4ccccc4)=NC4=NC(N(c5ccccc5)c5ccccc5)=NC(=N2)N34)=CCC1. The van der Waals surface area contributed by atoms with E-state index in [0.717, 1.165) is 47.0 Å². The number of benzene rings is 4. The van der Waals surface area contributed by atoms with Gasteiger partial charge >= 0.3 is 0 Å². The van der Waals surface area contributed by atoms with Gasteiger partial charge in [-0.25, -0.2) is 4.90 Å². The predicted molar refractivity (Wildman–Crippen MR) is 214 cm³/mol. The van der Waals surface area contributed by atoms with Crippen molar-refractivity contribution in [1.29, 1.82) is 0 Å². The van der Waals surface area contributed by atoms with Crippen molar-refractivity contribution in [3.63, 3.8) is 0 Å². The Morgan fingerprint density at radius 2 is 0.906 bits per heavy atom. The highest BCUT2D eigenvalue weighted by molar-refractivity contribution is 6.33. The number of anilines is 4. The lowest BCUT2D eigenvalue weighted by atomic mass is 10.1. The van der Waals surface area contributed by atoms with Gasteiger partial charge in [-0.05, 0) is 91.8 Å². The maximum absolute atomic E-state index is 5.19. The van der Waals surface area contributed by atoms with Crippen molar-refractivity contribution in [2.45, 2.75) is 19.3 Å². The van der Waals surface area contributed by atoms with Crippen molar-refractivity contribution in [3.05, 3.63) is 169 Å². The fourth-order valence-corrected chi connectivity index (χ4v) is 7.06. The van der Waals surface area contributed by atoms with Crippen LogP contribution in [0.5, 0.6) is 0 Å². The number of fused-ring (bicyclic) bond motifs is 1. The van der Waals surface area contributed by atoms with Crippen LogP contribution in [-0.2, 0) is 0 Å². The summed E-state index contributed by atoms with van der Waals surface area (Å²) in [5, 5.41) is 0. The highest BCUT2D eigenvalue weighted by Gasteiger charge is 2.41. The zero-order chi connectivity index (χ0) is 35.1. The van der Waals surface area contributed by atoms with Gasteiger partial charge in [0.2, 0.25) is 35.8 Å². The molecule has 2 unspecified atom stereocenters. The molecule has 0 amide bonds. The molecular formula is C43H34N10. The van der Waals surface area contributed by atoms with E-state index in [1.54, 1.807) is 4.90 Å². The van der Waals surface area contributed by atoms with Crippen molar-refractivity contribution < 1.29 is 0 Å². The zero-order valence-electron chi connectivity index (χ0n) is 28.8. The fourth-order valence-electron chi connectivity index (χ4n) is 7.06. The van der Waals surface area contributed by atoms with E-state index in [9.17, 15) is 0 Å². The van der Waals surface area contributed by atoms with Crippen LogP contribution < -0.4 is 9.80 Å². The Balaban J connectivity index is 1.19. The lowest BCUT2D eigenvalue weighted by molar-refractivity contribution is 0.633. The highest BCUT2D eigenvalue weighted by Crippen LogP contribution is 2.45. The van der Waals surface area contributed by atoms with E-state index in [4.69, 9.17) is 30.0 Å². The van der Waals surface area contributed by atoms with E-state index >= 15 is 0 Å². The molecule has 0 saturated heterocycles. The highest BCUT2D eigenvalue weighted by atomic mass is 15.6. The maximum atomic E-state index is 5.19. The minimum atomic E-state index is 0.367. The van der Waals surface area contributed by atoms with Gasteiger partial charge in [-0.15, -0.1) is 0 Å². The molecule has 0 radical (unpaired) electrons. The smallest absolute Gasteiger partial charge is 0.246 e. The molecule has 3 aliphatic carbocycles. The number of guanidine groups is 6. The Hall–Kier alpha value is -6.94. The molecule has 2 atom stereocenters. The minimum Gasteiger partial charge on any atom is -0.280 e. The van der Waals surface area contributed by atoms with Crippen LogP contribution in [0.3, 0.4) is 0 Å². The molecule has 0 spiro atoms. The van der Waals surface area contributed by atoms with Gasteiger partial charge in [-0.3, -0.25) is 14.7 Å². The first-order chi connectivity index (χ1) is 26.3. The van der Waals surface area contributed by atoms with Crippen LogP contribution in [0.2, 0.25) is 0 Å². The second-order valence-electron chi connectivity index (χ2n) is 13.3. The molecule has 4 aromatic carbocycles. The molecule has 0 bridgehead atoms. The molecule has 3 heterocycles. The molecular weight excluding hydrogens is 657 g/mol. The van der Waals surface area contributed by atoms with Crippen LogP contribution in [0.25, 0.3) is 0 Å². The second-order valence-corrected chi connectivity index (χ2v) is 13.3. The molecule has 6 aliphatic rings. The van der Waals surface area contributed by atoms with Crippen molar-refractivity contribution in [3.8, 4) is 0 Å². The van der Waals surface area contributed by atoms with Crippen LogP contribution in [0.1, 0.15) is 19.3 Å². The lowest BCUT2D eigenvalue weighted by Crippen LogP contribution is -2.51. The van der Waals surface area contributed by atoms with Gasteiger partial charge in [0.25, 0.3) is 0 Å². The Kier molecular flexibility index (Phi) is 7.56. The summed E-state index contributed by atoms with van der Waals surface area (Å²) in [6.45, 7) is 0. The number of para-hydroxylation sites is 4. The molecule has 1 saturated carbocycles. The van der Waals surface area contributed by atoms with E-state index in [1.165, 1.54) is 6.42 Å². The number of nitrogens with zero attached hydrogens (tertiary/aromatic N) is 10. The number of rotatable bonds is 6. The average Bonchev–Trinajstić information content (AvgIpc) is 4.00. The monoisotopic (exact) mass is 690 g/mol. The third-order valence-corrected chi connectivity index (χ3v) is 9.74. The zero-order valence-corrected chi connectivity index (χ0v) is 28.8. The van der Waals surface area contributed by atoms with Gasteiger partial charge < -0.3 is 0 Å². The average molecular weight is 691 g/mol. The molecule has 1 fully saturated rings. The molecule has 10 nitrogen and oxygen atoms in total. The fraction of sp³-hybridized carbons (Fsp3) is 0.116. The first-order valence-corrected chi connectivity index (χ1v) is 18.0. The summed E-state index contributed by atoms with van der Waals surface area (Å²) in [7, 11) is 0. The molecule has 4 aromatic rings. The van der Waals surface area contributed by atoms with Crippen LogP contribution in [0, 0.1) is 11.8 Å². The van der Waals surface area contributed by atoms with Gasteiger partial charge in [0, 0.05) is 34.1 Å². The summed E-state index contributed by atoms with van der Waals surface area (Å²) in [4.78, 5) is 38.9. The molecule has 53 heavy (non-hydrogen) atoms. The van der Waals surface area contributed by atoms with E-state index in [-0.39, 0.29) is 0 Å². The molecule has 256 valence electrons. The summed E-state index contributed by atoms with van der Waals surface area (Å²) in [6.07, 6.45) is 16.6. The maximum Gasteiger partial charge on any atom is 0.246 e. The van der Waals surface area contributed by atoms with Gasteiger partial charge in [-0.1, -0.05) is 97.1 Å². The topological polar surface area (TPSA) is 87.1 Å². The quantitative estimate of drug-likeness (QED) is 0.202. The van der Waals surface area contributed by atoms with Crippen LogP contribution in [0.4, 0.5) is 22.7 Å². The largest absolute Gasteiger partial charge is 0.280 e. The van der Waals surface area contributed by atoms with Crippen molar-refractivity contribution in [2.75, 3.05) is 9.80 Å². The van der Waals surface area contributed by atoms with Gasteiger partial charge in [0.15, 0.2) is 0 Å². The van der Waals surface area contributed by atoms with E-state index in [0.29, 0.717) is 47.6 Å². The summed E-state index contributed by atoms with van der Waals surface area (Å²) in [6, 6.07) is 40.4. The third kappa shape index (κ3) is 5.80. The molecule has 0 N–H and O–H groups in total. The summed E-state index contributed by atoms with van der Waals surface area (Å²) >= 11 is 0. The first-order valence-electron chi connectivity index (χ1n) is 18.0. The Bertz CT molecular complexity index is 2220. The standard InChI is InChI=1S/C43H34N10/c1-6-16-32(17-7-1)50(33-18-8-2-9-19-33)38-44-41-45-39(51(34-20-10-3-11-21-34)35-22-12-4-13-23-35)47-43-49-40(48-42(46-38)53(41)43)52(36-24-14-5-15-25-36)37-27-26-30-28-31(30)29-37/h1-4,6-14,16-27,29-31H,5,15,28H2. The van der Waals surface area contributed by atoms with Crippen molar-refractivity contribution in [1.82, 2.24) is 9.80 Å². The molecule has 10 rings (SSSR count). The summed E-state index contributed by atoms with van der Waals surface area (Å²) in [5.41, 5.74) is 5.68. The normalized spacial score (nSPS) is 20.6. The molecule has 10 heteroatoms. The van der Waals surface area contributed by atoms with Crippen LogP contribution in [0.15, 0.2) is 199 Å². The molecule has 3 aliphatic heterocycles. The lowest BCUT2D eigenvalue weighted by Gasteiger charge is -2.36. The summed E-state index contributed by atoms with van der Waals surface area (Å²) in [5.74, 6) is 3.59. The first kappa shape index (κ1) is 30.8. The number of hydrogen-bond donors (Lipinski definition) is 0. The van der Waals surface area contributed by atoms with E-state index in [1.807, 2.05) is 131 Å². The number of allylic oxidation sites excluding steroid dienone is 6. The number of aliphatic imine (C=N–C) groups is 6. The second kappa shape index (κ2) is 13.0. The molecule has 0 aromatic heterocycles. The minimum absolute atomic E-state index is 0.367.